The molecule has 0 aliphatic carbocycles. The van der Waals surface area contributed by atoms with E-state index in [1.54, 1.807) is 61.1 Å². The maximum Gasteiger partial charge on any atom is 0.256 e. The summed E-state index contributed by atoms with van der Waals surface area (Å²) in [5.74, 6) is 1.03. The Bertz CT molecular complexity index is 3160. The molecule has 3 amide bonds. The van der Waals surface area contributed by atoms with E-state index in [2.05, 4.69) is 51.7 Å². The van der Waals surface area contributed by atoms with Crippen molar-refractivity contribution in [1.29, 1.82) is 0 Å². The molecule has 0 radical (unpaired) electrons. The zero-order chi connectivity index (χ0) is 65.1. The smallest absolute Gasteiger partial charge is 0.256 e. The molecule has 92 heavy (non-hydrogen) atoms. The van der Waals surface area contributed by atoms with Gasteiger partial charge in [-0.25, -0.2) is 0 Å². The molecule has 15 nitrogen and oxygen atoms in total. The maximum atomic E-state index is 12.3. The van der Waals surface area contributed by atoms with Gasteiger partial charge in [0.25, 0.3) is 17.7 Å². The van der Waals surface area contributed by atoms with Crippen LogP contribution in [0.15, 0.2) is 128 Å². The normalized spacial score (nSPS) is 17.5. The number of unbranched alkanes of at least 4 members (excludes halogenated alkanes) is 29. The Morgan fingerprint density at radius 3 is 1.00 bits per heavy atom. The molecule has 3 aromatic carbocycles. The van der Waals surface area contributed by atoms with E-state index in [9.17, 15) is 29.7 Å². The molecule has 6 N–H and O–H groups in total. The molecule has 3 unspecified atom stereocenters. The molecule has 0 fully saturated rings. The van der Waals surface area contributed by atoms with E-state index in [1.807, 2.05) is 48.5 Å². The minimum absolute atomic E-state index is 0.319. The van der Waals surface area contributed by atoms with Gasteiger partial charge in [-0.05, 0) is 67.8 Å². The quantitative estimate of drug-likeness (QED) is 0.0198. The first-order chi connectivity index (χ1) is 45.0. The highest BCUT2D eigenvalue weighted by atomic mass is 16.5. The van der Waals surface area contributed by atoms with Crippen molar-refractivity contribution in [2.24, 2.45) is 0 Å². The first-order valence-corrected chi connectivity index (χ1v) is 35.1. The van der Waals surface area contributed by atoms with Gasteiger partial charge in [-0.1, -0.05) is 249 Å². The van der Waals surface area contributed by atoms with Crippen LogP contribution in [0.3, 0.4) is 0 Å². The van der Waals surface area contributed by atoms with E-state index >= 15 is 0 Å². The van der Waals surface area contributed by atoms with Gasteiger partial charge in [0, 0.05) is 65.0 Å². The van der Waals surface area contributed by atoms with Crippen LogP contribution in [0.5, 0.6) is 17.2 Å². The van der Waals surface area contributed by atoms with Gasteiger partial charge < -0.3 is 45.5 Å². The average molecular weight is 1260 g/mol. The van der Waals surface area contributed by atoms with Crippen LogP contribution in [0, 0.1) is 0 Å². The lowest BCUT2D eigenvalue weighted by Gasteiger charge is -2.26. The number of aromatic nitrogens is 3. The Kier molecular flexibility index (Phi) is 30.9. The molecule has 3 aliphatic rings. The summed E-state index contributed by atoms with van der Waals surface area (Å²) in [6, 6.07) is 27.0. The Morgan fingerprint density at radius 1 is 0.337 bits per heavy atom. The number of hydrogen-bond acceptors (Lipinski definition) is 12. The summed E-state index contributed by atoms with van der Waals surface area (Å²) in [6.45, 7) is 8.66. The third-order valence-electron chi connectivity index (χ3n) is 17.8. The Morgan fingerprint density at radius 2 is 0.641 bits per heavy atom. The second kappa shape index (κ2) is 39.4. The molecule has 15 heteroatoms. The van der Waals surface area contributed by atoms with Crippen molar-refractivity contribution in [3.05, 3.63) is 178 Å². The molecule has 0 saturated carbocycles. The fourth-order valence-electron chi connectivity index (χ4n) is 12.4. The Balaban J connectivity index is 0.000000198. The summed E-state index contributed by atoms with van der Waals surface area (Å²) in [5, 5.41) is 41.6. The zero-order valence-corrected chi connectivity index (χ0v) is 55.5. The van der Waals surface area contributed by atoms with E-state index in [0.717, 1.165) is 25.7 Å². The van der Waals surface area contributed by atoms with Gasteiger partial charge in [-0.15, -0.1) is 0 Å². The largest absolute Gasteiger partial charge is 0.494 e. The standard InChI is InChI=1S/C31H46N2O3.C25H34N2O3.C21H26N2O3/c1-2-3-4-5-6-7-8-9-10-11-12-13-14-15-16-17-23-36-27-20-18-19-26(24-27)31(35)29-21-22-32-25-28(29)30(34)33-31;1-2-3-4-5-6-7-8-9-10-13-18-30-23-15-12-11-14-22(23)25(29)21-16-17-26-19-20(21)24(28)27-25;1-2-3-4-5-6-7-13-26-17-10-8-9-16(14-17)21(25)19-11-12-22-15-18(19)20(24)23-21/h18-22,24-25,35H,2-17,23H2,1H3,(H,33,34);11-12,14-17,19,29H,2-10,13,18H2,1H3,(H,27,28);8-12,14-15,25H,2-7,13H2,1H3,(H,23,24). The number of aliphatic hydroxyl groups is 3. The lowest BCUT2D eigenvalue weighted by atomic mass is 9.95. The van der Waals surface area contributed by atoms with Crippen LogP contribution in [-0.2, 0) is 17.2 Å². The number of nitrogens with zero attached hydrogens (tertiary/aromatic N) is 3. The fraction of sp³-hybridized carbons (Fsp3) is 0.532. The van der Waals surface area contributed by atoms with Gasteiger partial charge >= 0.3 is 0 Å². The topological polar surface area (TPSA) is 214 Å². The lowest BCUT2D eigenvalue weighted by molar-refractivity contribution is 0.0447. The van der Waals surface area contributed by atoms with Crippen LogP contribution in [0.2, 0.25) is 0 Å². The minimum atomic E-state index is -1.59. The number of fused-ring (bicyclic) bond motifs is 3. The molecule has 3 aromatic heterocycles. The highest BCUT2D eigenvalue weighted by Crippen LogP contribution is 2.40. The summed E-state index contributed by atoms with van der Waals surface area (Å²) >= 11 is 0. The minimum Gasteiger partial charge on any atom is -0.494 e. The van der Waals surface area contributed by atoms with E-state index < -0.39 is 17.2 Å². The molecular formula is C77H106N6O9. The van der Waals surface area contributed by atoms with Crippen LogP contribution < -0.4 is 30.2 Å². The molecular weight excluding hydrogens is 1150 g/mol. The van der Waals surface area contributed by atoms with Crippen LogP contribution in [-0.4, -0.2) is 67.8 Å². The van der Waals surface area contributed by atoms with E-state index in [4.69, 9.17) is 14.2 Å². The number of benzene rings is 3. The van der Waals surface area contributed by atoms with E-state index in [-0.39, 0.29) is 17.7 Å². The average Bonchev–Trinajstić information content (AvgIpc) is 1.61. The number of hydrogen-bond donors (Lipinski definition) is 6. The molecule has 6 heterocycles. The molecule has 9 rings (SSSR count). The number of amides is 3. The molecule has 3 atom stereocenters. The second-order valence-electron chi connectivity index (χ2n) is 25.1. The number of rotatable bonds is 41. The first kappa shape index (κ1) is 72.2. The summed E-state index contributed by atoms with van der Waals surface area (Å²) < 4.78 is 17.8. The highest BCUT2D eigenvalue weighted by molar-refractivity contribution is 6.01. The van der Waals surface area contributed by atoms with Crippen LogP contribution in [0.4, 0.5) is 0 Å². The number of para-hydroxylation sites is 1. The molecule has 0 spiro atoms. The van der Waals surface area contributed by atoms with Crippen molar-refractivity contribution in [3.63, 3.8) is 0 Å². The van der Waals surface area contributed by atoms with Gasteiger partial charge in [0.05, 0.1) is 42.1 Å². The van der Waals surface area contributed by atoms with Crippen LogP contribution >= 0.6 is 0 Å². The second-order valence-corrected chi connectivity index (χ2v) is 25.1. The van der Waals surface area contributed by atoms with E-state index in [1.165, 1.54) is 198 Å². The van der Waals surface area contributed by atoms with E-state index in [0.29, 0.717) is 87.1 Å². The van der Waals surface area contributed by atoms with Crippen molar-refractivity contribution >= 4 is 17.7 Å². The predicted octanol–water partition coefficient (Wildman–Crippen LogP) is 16.7. The molecule has 0 saturated heterocycles. The monoisotopic (exact) mass is 1260 g/mol. The lowest BCUT2D eigenvalue weighted by Crippen LogP contribution is -2.40. The molecule has 498 valence electrons. The Hall–Kier alpha value is -7.20. The van der Waals surface area contributed by atoms with Gasteiger partial charge in [-0.2, -0.15) is 0 Å². The number of ether oxygens (including phenoxy) is 3. The SMILES string of the molecule is CCCCCCCCCCCCCCCCCCOc1cccc(C2(O)NC(=O)c3cnccc32)c1.CCCCCCCCCCCCOc1ccccc1C1(O)NC(=O)c2cnccc21.CCCCCCCCOc1cccc(C2(O)NC(=O)c3cnccc32)c1. The number of carbonyl (C=O) groups excluding carboxylic acids is 3. The number of nitrogens with one attached hydrogen (secondary N) is 3. The zero-order valence-electron chi connectivity index (χ0n) is 55.5. The fourth-order valence-corrected chi connectivity index (χ4v) is 12.4. The number of carbonyl (C=O) groups is 3. The number of pyridine rings is 3. The van der Waals surface area contributed by atoms with Crippen molar-refractivity contribution in [2.45, 2.75) is 243 Å². The van der Waals surface area contributed by atoms with Gasteiger partial charge in [0.2, 0.25) is 0 Å². The highest BCUT2D eigenvalue weighted by Gasteiger charge is 2.46. The molecule has 0 bridgehead atoms. The van der Waals surface area contributed by atoms with Crippen LogP contribution in [0.25, 0.3) is 0 Å². The third kappa shape index (κ3) is 21.4. The van der Waals surface area contributed by atoms with Crippen molar-refractivity contribution in [1.82, 2.24) is 30.9 Å². The summed E-state index contributed by atoms with van der Waals surface area (Å²) in [5.41, 5.74) is -0.225. The van der Waals surface area contributed by atoms with Crippen molar-refractivity contribution in [2.75, 3.05) is 19.8 Å². The van der Waals surface area contributed by atoms with Crippen LogP contribution in [0.1, 0.15) is 291 Å². The third-order valence-corrected chi connectivity index (χ3v) is 17.8. The first-order valence-electron chi connectivity index (χ1n) is 35.1. The van der Waals surface area contributed by atoms with Gasteiger partial charge in [0.15, 0.2) is 17.2 Å². The summed E-state index contributed by atoms with van der Waals surface area (Å²) in [7, 11) is 0. The van der Waals surface area contributed by atoms with Crippen molar-refractivity contribution < 1.29 is 43.9 Å². The predicted molar refractivity (Wildman–Crippen MR) is 365 cm³/mol. The van der Waals surface area contributed by atoms with Crippen molar-refractivity contribution in [3.8, 4) is 17.2 Å². The summed E-state index contributed by atoms with van der Waals surface area (Å²) in [6.07, 6.45) is 50.8. The van der Waals surface area contributed by atoms with Gasteiger partial charge in [0.1, 0.15) is 17.2 Å². The van der Waals surface area contributed by atoms with Gasteiger partial charge in [-0.3, -0.25) is 29.3 Å². The Labute approximate surface area is 548 Å². The molecule has 3 aliphatic heterocycles. The maximum absolute atomic E-state index is 12.3. The summed E-state index contributed by atoms with van der Waals surface area (Å²) in [4.78, 5) is 48.6. The molecule has 6 aromatic rings.